The maximum absolute atomic E-state index is 11.6. The van der Waals surface area contributed by atoms with Crippen molar-refractivity contribution in [2.45, 2.75) is 11.8 Å². The summed E-state index contributed by atoms with van der Waals surface area (Å²) in [7, 11) is -3.22. The molecular formula is C18H14N2O4S. The van der Waals surface area contributed by atoms with Crippen molar-refractivity contribution in [1.82, 2.24) is 10.2 Å². The first-order chi connectivity index (χ1) is 11.9. The van der Waals surface area contributed by atoms with Crippen LogP contribution in [0.25, 0.3) is 33.6 Å². The van der Waals surface area contributed by atoms with Crippen LogP contribution in [0.4, 0.5) is 0 Å². The van der Waals surface area contributed by atoms with E-state index in [1.807, 2.05) is 18.2 Å². The summed E-state index contributed by atoms with van der Waals surface area (Å²) in [5.74, 6) is 0.942. The lowest BCUT2D eigenvalue weighted by Gasteiger charge is -2.02. The molecule has 2 aromatic heterocycles. The Morgan fingerprint density at radius 1 is 0.960 bits per heavy atom. The minimum atomic E-state index is -3.22. The summed E-state index contributed by atoms with van der Waals surface area (Å²) >= 11 is 0. The number of rotatable bonds is 3. The number of furan rings is 1. The van der Waals surface area contributed by atoms with Gasteiger partial charge in [-0.25, -0.2) is 8.42 Å². The maximum atomic E-state index is 11.6. The van der Waals surface area contributed by atoms with E-state index < -0.39 is 9.84 Å². The fraction of sp³-hybridized carbons (Fsp3) is 0.111. The molecule has 2 aromatic carbocycles. The van der Waals surface area contributed by atoms with Gasteiger partial charge in [0.15, 0.2) is 9.84 Å². The fourth-order valence-corrected chi connectivity index (χ4v) is 3.31. The van der Waals surface area contributed by atoms with Gasteiger partial charge < -0.3 is 8.83 Å². The minimum Gasteiger partial charge on any atom is -0.464 e. The van der Waals surface area contributed by atoms with Crippen LogP contribution in [-0.2, 0) is 9.84 Å². The highest BCUT2D eigenvalue weighted by Crippen LogP contribution is 2.33. The SMILES string of the molecule is Cc1nnc(-c2ccc3occ(-c4ccc(S([11CH3])(=O)=O)cc4)c3c2)o1. The highest BCUT2D eigenvalue weighted by molar-refractivity contribution is 7.90. The first kappa shape index (κ1) is 15.6. The first-order valence-electron chi connectivity index (χ1n) is 7.54. The molecule has 0 bridgehead atoms. The van der Waals surface area contributed by atoms with Crippen LogP contribution in [0.1, 0.15) is 5.89 Å². The van der Waals surface area contributed by atoms with Crippen molar-refractivity contribution >= 4 is 20.8 Å². The van der Waals surface area contributed by atoms with Crippen molar-refractivity contribution in [1.29, 1.82) is 0 Å². The summed E-state index contributed by atoms with van der Waals surface area (Å²) in [6.07, 6.45) is 2.84. The molecule has 126 valence electrons. The molecule has 2 heterocycles. The first-order valence-corrected chi connectivity index (χ1v) is 9.43. The van der Waals surface area contributed by atoms with E-state index in [4.69, 9.17) is 8.83 Å². The maximum Gasteiger partial charge on any atom is 0.247 e. The molecule has 25 heavy (non-hydrogen) atoms. The molecule has 0 saturated heterocycles. The van der Waals surface area contributed by atoms with Crippen LogP contribution >= 0.6 is 0 Å². The van der Waals surface area contributed by atoms with Gasteiger partial charge in [-0.1, -0.05) is 12.1 Å². The zero-order chi connectivity index (χ0) is 17.6. The molecule has 0 fully saturated rings. The third-order valence-electron chi connectivity index (χ3n) is 3.94. The fourth-order valence-electron chi connectivity index (χ4n) is 2.68. The summed E-state index contributed by atoms with van der Waals surface area (Å²) in [6.45, 7) is 1.74. The predicted octanol–water partition coefficient (Wildman–Crippen LogP) is 3.86. The van der Waals surface area contributed by atoms with Crippen molar-refractivity contribution in [2.24, 2.45) is 0 Å². The Hall–Kier alpha value is -2.93. The molecule has 0 atom stereocenters. The lowest BCUT2D eigenvalue weighted by Crippen LogP contribution is -1.96. The molecule has 0 amide bonds. The van der Waals surface area contributed by atoms with E-state index in [0.29, 0.717) is 11.8 Å². The van der Waals surface area contributed by atoms with Crippen molar-refractivity contribution in [3.05, 3.63) is 54.6 Å². The smallest absolute Gasteiger partial charge is 0.247 e. The van der Waals surface area contributed by atoms with Crippen LogP contribution < -0.4 is 0 Å². The van der Waals surface area contributed by atoms with Gasteiger partial charge in [-0.05, 0) is 35.9 Å². The standard InChI is InChI=1S/C18H14N2O4S/c1-11-19-20-18(24-11)13-5-8-17-15(9-13)16(10-23-17)12-3-6-14(7-4-12)25(2,21)22/h3-10H,1-2H3/i2-1. The molecule has 0 aliphatic heterocycles. The number of sulfone groups is 1. The highest BCUT2D eigenvalue weighted by atomic mass is 32.2. The van der Waals surface area contributed by atoms with Crippen LogP contribution in [-0.4, -0.2) is 24.9 Å². The van der Waals surface area contributed by atoms with Gasteiger partial charge in [-0.15, -0.1) is 10.2 Å². The van der Waals surface area contributed by atoms with Gasteiger partial charge in [0.1, 0.15) is 5.58 Å². The molecule has 6 nitrogen and oxygen atoms in total. The molecule has 0 aliphatic rings. The van der Waals surface area contributed by atoms with Gasteiger partial charge >= 0.3 is 0 Å². The molecule has 0 N–H and O–H groups in total. The molecule has 4 rings (SSSR count). The number of hydrogen-bond acceptors (Lipinski definition) is 6. The van der Waals surface area contributed by atoms with Gasteiger partial charge in [-0.2, -0.15) is 0 Å². The van der Waals surface area contributed by atoms with E-state index in [0.717, 1.165) is 27.7 Å². The van der Waals surface area contributed by atoms with Crippen molar-refractivity contribution in [2.75, 3.05) is 6.26 Å². The zero-order valence-corrected chi connectivity index (χ0v) is 14.4. The number of aryl methyl sites for hydroxylation is 1. The summed E-state index contributed by atoms with van der Waals surface area (Å²) in [4.78, 5) is 0.283. The highest BCUT2D eigenvalue weighted by Gasteiger charge is 2.13. The van der Waals surface area contributed by atoms with E-state index in [1.54, 1.807) is 37.5 Å². The van der Waals surface area contributed by atoms with Gasteiger partial charge in [0, 0.05) is 29.7 Å². The lowest BCUT2D eigenvalue weighted by molar-refractivity contribution is 0.533. The van der Waals surface area contributed by atoms with Gasteiger partial charge in [-0.3, -0.25) is 0 Å². The van der Waals surface area contributed by atoms with E-state index in [2.05, 4.69) is 10.2 Å². The number of hydrogen-bond donors (Lipinski definition) is 0. The van der Waals surface area contributed by atoms with Gasteiger partial charge in [0.25, 0.3) is 0 Å². The van der Waals surface area contributed by atoms with Crippen molar-refractivity contribution in [3.63, 3.8) is 0 Å². The van der Waals surface area contributed by atoms with Crippen LogP contribution in [0.15, 0.2) is 62.5 Å². The second-order valence-corrected chi connectivity index (χ2v) is 7.80. The average molecular weight is 353 g/mol. The van der Waals surface area contributed by atoms with Gasteiger partial charge in [0.2, 0.25) is 11.8 Å². The molecule has 0 aliphatic carbocycles. The van der Waals surface area contributed by atoms with E-state index in [9.17, 15) is 8.42 Å². The Labute approximate surface area is 144 Å². The van der Waals surface area contributed by atoms with Crippen LogP contribution in [0.2, 0.25) is 0 Å². The summed E-state index contributed by atoms with van der Waals surface area (Å²) in [5.41, 5.74) is 3.25. The Morgan fingerprint density at radius 3 is 2.32 bits per heavy atom. The lowest BCUT2D eigenvalue weighted by atomic mass is 10.0. The normalized spacial score (nSPS) is 11.9. The number of nitrogens with zero attached hydrogens (tertiary/aromatic N) is 2. The largest absolute Gasteiger partial charge is 0.464 e. The van der Waals surface area contributed by atoms with Gasteiger partial charge in [0.05, 0.1) is 11.2 Å². The summed E-state index contributed by atoms with van der Waals surface area (Å²) in [5, 5.41) is 8.77. The molecule has 0 radical (unpaired) electrons. The number of fused-ring (bicyclic) bond motifs is 1. The number of benzene rings is 2. The van der Waals surface area contributed by atoms with Crippen LogP contribution in [0.3, 0.4) is 0 Å². The van der Waals surface area contributed by atoms with Crippen LogP contribution in [0.5, 0.6) is 0 Å². The molecule has 7 heteroatoms. The Balaban J connectivity index is 1.82. The monoisotopic (exact) mass is 353 g/mol. The number of aromatic nitrogens is 2. The van der Waals surface area contributed by atoms with Crippen LogP contribution in [0, 0.1) is 6.92 Å². The van der Waals surface area contributed by atoms with Crippen molar-refractivity contribution < 1.29 is 17.3 Å². The molecule has 4 aromatic rings. The molecule has 0 saturated carbocycles. The van der Waals surface area contributed by atoms with E-state index in [1.165, 1.54) is 6.26 Å². The third kappa shape index (κ3) is 2.83. The second-order valence-electron chi connectivity index (χ2n) is 5.78. The molecule has 0 unspecified atom stereocenters. The topological polar surface area (TPSA) is 86.2 Å². The summed E-state index contributed by atoms with van der Waals surface area (Å²) in [6, 6.07) is 12.3. The average Bonchev–Trinajstić information content (AvgIpc) is 3.19. The predicted molar refractivity (Wildman–Crippen MR) is 92.8 cm³/mol. The van der Waals surface area contributed by atoms with Crippen molar-refractivity contribution in [3.8, 4) is 22.6 Å². The Kier molecular flexibility index (Phi) is 3.47. The minimum absolute atomic E-state index is 0.283. The quantitative estimate of drug-likeness (QED) is 0.556. The Bertz CT molecular complexity index is 1170. The second kappa shape index (κ2) is 5.56. The van der Waals surface area contributed by atoms with E-state index >= 15 is 0 Å². The Morgan fingerprint density at radius 2 is 1.68 bits per heavy atom. The third-order valence-corrected chi connectivity index (χ3v) is 5.07. The molecular weight excluding hydrogens is 339 g/mol. The van der Waals surface area contributed by atoms with E-state index in [-0.39, 0.29) is 4.90 Å². The molecule has 0 spiro atoms. The zero-order valence-electron chi connectivity index (χ0n) is 13.6. The summed E-state index contributed by atoms with van der Waals surface area (Å²) < 4.78 is 34.3.